The SMILES string of the molecule is CSCC(=O)C1(c2ccccc2)CC1. The number of ketones is 1. The smallest absolute Gasteiger partial charge is 0.153 e. The number of carbonyl (C=O) groups excluding carboxylic acids is 1. The fourth-order valence-corrected chi connectivity index (χ4v) is 2.42. The zero-order valence-corrected chi connectivity index (χ0v) is 9.14. The van der Waals surface area contributed by atoms with Crippen molar-refractivity contribution in [3.8, 4) is 0 Å². The molecule has 14 heavy (non-hydrogen) atoms. The highest BCUT2D eigenvalue weighted by atomic mass is 32.2. The first kappa shape index (κ1) is 9.78. The van der Waals surface area contributed by atoms with E-state index in [4.69, 9.17) is 0 Å². The van der Waals surface area contributed by atoms with Crippen LogP contribution in [0.3, 0.4) is 0 Å². The summed E-state index contributed by atoms with van der Waals surface area (Å²) in [5.41, 5.74) is 1.10. The molecule has 0 radical (unpaired) electrons. The number of hydrogen-bond acceptors (Lipinski definition) is 2. The molecule has 1 aromatic rings. The van der Waals surface area contributed by atoms with Gasteiger partial charge in [0.1, 0.15) is 0 Å². The quantitative estimate of drug-likeness (QED) is 0.753. The van der Waals surface area contributed by atoms with Crippen molar-refractivity contribution in [2.45, 2.75) is 18.3 Å². The van der Waals surface area contributed by atoms with E-state index in [0.717, 1.165) is 12.8 Å². The van der Waals surface area contributed by atoms with Crippen LogP contribution in [-0.4, -0.2) is 17.8 Å². The summed E-state index contributed by atoms with van der Waals surface area (Å²) in [6.45, 7) is 0. The first-order valence-electron chi connectivity index (χ1n) is 4.87. The van der Waals surface area contributed by atoms with Crippen LogP contribution in [-0.2, 0) is 10.2 Å². The van der Waals surface area contributed by atoms with E-state index >= 15 is 0 Å². The van der Waals surface area contributed by atoms with Gasteiger partial charge in [-0.05, 0) is 24.7 Å². The van der Waals surface area contributed by atoms with E-state index < -0.39 is 0 Å². The number of benzene rings is 1. The van der Waals surface area contributed by atoms with Gasteiger partial charge in [-0.25, -0.2) is 0 Å². The molecule has 74 valence electrons. The first-order chi connectivity index (χ1) is 6.79. The van der Waals surface area contributed by atoms with Gasteiger partial charge in [0, 0.05) is 0 Å². The minimum absolute atomic E-state index is 0.107. The number of Topliss-reactive ketones (excluding diaryl/α,β-unsaturated/α-hetero) is 1. The third kappa shape index (κ3) is 1.59. The van der Waals surface area contributed by atoms with Crippen molar-refractivity contribution in [2.75, 3.05) is 12.0 Å². The fourth-order valence-electron chi connectivity index (χ4n) is 1.88. The maximum atomic E-state index is 11.9. The molecule has 0 heterocycles. The van der Waals surface area contributed by atoms with Crippen molar-refractivity contribution in [3.05, 3.63) is 35.9 Å². The van der Waals surface area contributed by atoms with Crippen LogP contribution in [0.15, 0.2) is 30.3 Å². The normalized spacial score (nSPS) is 17.8. The average molecular weight is 206 g/mol. The van der Waals surface area contributed by atoms with Gasteiger partial charge in [0.05, 0.1) is 11.2 Å². The lowest BCUT2D eigenvalue weighted by molar-refractivity contribution is -0.118. The Hall–Kier alpha value is -0.760. The largest absolute Gasteiger partial charge is 0.298 e. The maximum Gasteiger partial charge on any atom is 0.153 e. The molecule has 1 aliphatic carbocycles. The Balaban J connectivity index is 2.21. The summed E-state index contributed by atoms with van der Waals surface area (Å²) in [6.07, 6.45) is 4.06. The van der Waals surface area contributed by atoms with Crippen molar-refractivity contribution in [2.24, 2.45) is 0 Å². The van der Waals surface area contributed by atoms with Crippen LogP contribution in [0.2, 0.25) is 0 Å². The second-order valence-corrected chi connectivity index (χ2v) is 4.67. The van der Waals surface area contributed by atoms with Gasteiger partial charge in [-0.2, -0.15) is 11.8 Å². The molecule has 2 heteroatoms. The second kappa shape index (κ2) is 3.77. The van der Waals surface area contributed by atoms with Gasteiger partial charge < -0.3 is 0 Å². The van der Waals surface area contributed by atoms with Crippen LogP contribution < -0.4 is 0 Å². The van der Waals surface area contributed by atoms with Crippen molar-refractivity contribution in [1.29, 1.82) is 0 Å². The average Bonchev–Trinajstić information content (AvgIpc) is 3.00. The zero-order chi connectivity index (χ0) is 10.0. The molecule has 1 aromatic carbocycles. The summed E-state index contributed by atoms with van der Waals surface area (Å²) in [5, 5.41) is 0. The molecule has 0 amide bonds. The Bertz CT molecular complexity index is 327. The summed E-state index contributed by atoms with van der Waals surface area (Å²) < 4.78 is 0. The van der Waals surface area contributed by atoms with E-state index in [-0.39, 0.29) is 5.41 Å². The third-order valence-corrected chi connectivity index (χ3v) is 3.44. The Morgan fingerprint density at radius 1 is 1.36 bits per heavy atom. The van der Waals surface area contributed by atoms with E-state index in [1.165, 1.54) is 5.56 Å². The summed E-state index contributed by atoms with van der Waals surface area (Å²) in [5.74, 6) is 1.05. The lowest BCUT2D eigenvalue weighted by Crippen LogP contribution is -2.22. The first-order valence-corrected chi connectivity index (χ1v) is 6.27. The van der Waals surface area contributed by atoms with Crippen molar-refractivity contribution >= 4 is 17.5 Å². The third-order valence-electron chi connectivity index (χ3n) is 2.89. The van der Waals surface area contributed by atoms with E-state index in [9.17, 15) is 4.79 Å². The predicted octanol–water partition coefficient (Wildman–Crippen LogP) is 2.65. The minimum Gasteiger partial charge on any atom is -0.298 e. The molecular formula is C12H14OS. The lowest BCUT2D eigenvalue weighted by atomic mass is 9.92. The van der Waals surface area contributed by atoms with Crippen LogP contribution in [0, 0.1) is 0 Å². The number of hydrogen-bond donors (Lipinski definition) is 0. The Kier molecular flexibility index (Phi) is 2.64. The van der Waals surface area contributed by atoms with Gasteiger partial charge >= 0.3 is 0 Å². The molecule has 1 nitrogen and oxygen atoms in total. The van der Waals surface area contributed by atoms with Gasteiger partial charge in [-0.3, -0.25) is 4.79 Å². The van der Waals surface area contributed by atoms with Gasteiger partial charge in [-0.1, -0.05) is 30.3 Å². The number of carbonyl (C=O) groups is 1. The maximum absolute atomic E-state index is 11.9. The predicted molar refractivity (Wildman–Crippen MR) is 60.7 cm³/mol. The zero-order valence-electron chi connectivity index (χ0n) is 8.32. The van der Waals surface area contributed by atoms with Crippen molar-refractivity contribution in [3.63, 3.8) is 0 Å². The molecule has 0 bridgehead atoms. The molecule has 1 aliphatic rings. The summed E-state index contributed by atoms with van der Waals surface area (Å²) >= 11 is 1.62. The molecule has 1 fully saturated rings. The molecule has 0 spiro atoms. The van der Waals surface area contributed by atoms with Crippen LogP contribution in [0.5, 0.6) is 0 Å². The molecule has 2 rings (SSSR count). The molecule has 0 atom stereocenters. The highest BCUT2D eigenvalue weighted by Gasteiger charge is 2.49. The molecule has 1 saturated carbocycles. The highest BCUT2D eigenvalue weighted by molar-refractivity contribution is 7.99. The van der Waals surface area contributed by atoms with Crippen LogP contribution in [0.25, 0.3) is 0 Å². The Morgan fingerprint density at radius 3 is 2.50 bits per heavy atom. The van der Waals surface area contributed by atoms with Crippen LogP contribution in [0.4, 0.5) is 0 Å². The fraction of sp³-hybridized carbons (Fsp3) is 0.417. The van der Waals surface area contributed by atoms with Crippen molar-refractivity contribution < 1.29 is 4.79 Å². The Morgan fingerprint density at radius 2 is 2.00 bits per heavy atom. The molecule has 0 aromatic heterocycles. The Labute approximate surface area is 88.9 Å². The number of rotatable bonds is 4. The van der Waals surface area contributed by atoms with Gasteiger partial charge in [0.25, 0.3) is 0 Å². The van der Waals surface area contributed by atoms with Gasteiger partial charge in [-0.15, -0.1) is 0 Å². The standard InChI is InChI=1S/C12H14OS/c1-14-9-11(13)12(7-8-12)10-5-3-2-4-6-10/h2-6H,7-9H2,1H3. The van der Waals surface area contributed by atoms with Gasteiger partial charge in [0.2, 0.25) is 0 Å². The molecular weight excluding hydrogens is 192 g/mol. The molecule has 0 aliphatic heterocycles. The van der Waals surface area contributed by atoms with Crippen LogP contribution >= 0.6 is 11.8 Å². The second-order valence-electron chi connectivity index (χ2n) is 3.80. The summed E-state index contributed by atoms with van der Waals surface area (Å²) in [4.78, 5) is 11.9. The number of thioether (sulfide) groups is 1. The topological polar surface area (TPSA) is 17.1 Å². The van der Waals surface area contributed by atoms with Gasteiger partial charge in [0.15, 0.2) is 5.78 Å². The summed E-state index contributed by atoms with van der Waals surface area (Å²) in [6, 6.07) is 10.2. The molecule has 0 unspecified atom stereocenters. The molecule has 0 N–H and O–H groups in total. The van der Waals surface area contributed by atoms with E-state index in [1.807, 2.05) is 24.5 Å². The van der Waals surface area contributed by atoms with E-state index in [2.05, 4.69) is 12.1 Å². The van der Waals surface area contributed by atoms with Crippen LogP contribution in [0.1, 0.15) is 18.4 Å². The van der Waals surface area contributed by atoms with E-state index in [1.54, 1.807) is 11.8 Å². The lowest BCUT2D eigenvalue weighted by Gasteiger charge is -2.13. The van der Waals surface area contributed by atoms with E-state index in [0.29, 0.717) is 11.5 Å². The van der Waals surface area contributed by atoms with Crippen molar-refractivity contribution in [1.82, 2.24) is 0 Å². The monoisotopic (exact) mass is 206 g/mol. The summed E-state index contributed by atoms with van der Waals surface area (Å²) in [7, 11) is 0. The minimum atomic E-state index is -0.107. The molecule has 0 saturated heterocycles. The highest BCUT2D eigenvalue weighted by Crippen LogP contribution is 2.49.